The minimum Gasteiger partial charge on any atom is -0.454 e. The number of nitrogens with two attached hydrogens (primary N) is 1. The molecule has 0 spiro atoms. The monoisotopic (exact) mass is 255 g/mol. The Bertz CT molecular complexity index is 595. The first-order valence-electron chi connectivity index (χ1n) is 6.43. The fourth-order valence-corrected chi connectivity index (χ4v) is 2.34. The molecule has 0 fully saturated rings. The molecule has 98 valence electrons. The second kappa shape index (κ2) is 4.94. The number of benzene rings is 2. The van der Waals surface area contributed by atoms with Gasteiger partial charge in [0.2, 0.25) is 6.79 Å². The summed E-state index contributed by atoms with van der Waals surface area (Å²) in [5, 5.41) is 0. The summed E-state index contributed by atoms with van der Waals surface area (Å²) >= 11 is 0. The fourth-order valence-electron chi connectivity index (χ4n) is 2.34. The normalized spacial score (nSPS) is 14.4. The van der Waals surface area contributed by atoms with E-state index in [1.54, 1.807) is 0 Å². The van der Waals surface area contributed by atoms with Crippen molar-refractivity contribution in [2.24, 2.45) is 5.73 Å². The van der Waals surface area contributed by atoms with E-state index >= 15 is 0 Å². The average Bonchev–Trinajstić information content (AvgIpc) is 2.88. The smallest absolute Gasteiger partial charge is 0.231 e. The molecule has 2 N–H and O–H groups in total. The Morgan fingerprint density at radius 1 is 1.11 bits per heavy atom. The molecule has 0 bridgehead atoms. The zero-order valence-electron chi connectivity index (χ0n) is 10.9. The van der Waals surface area contributed by atoms with Crippen molar-refractivity contribution in [3.8, 4) is 11.5 Å². The second-order valence-electron chi connectivity index (χ2n) is 4.85. The summed E-state index contributed by atoms with van der Waals surface area (Å²) < 4.78 is 10.7. The van der Waals surface area contributed by atoms with Gasteiger partial charge in [-0.05, 0) is 42.2 Å². The van der Waals surface area contributed by atoms with Crippen molar-refractivity contribution in [1.82, 2.24) is 0 Å². The molecular formula is C16H17NO2. The fraction of sp³-hybridized carbons (Fsp3) is 0.250. The van der Waals surface area contributed by atoms with Crippen LogP contribution in [0, 0.1) is 6.92 Å². The van der Waals surface area contributed by atoms with Gasteiger partial charge in [-0.1, -0.05) is 30.3 Å². The maximum atomic E-state index is 6.29. The summed E-state index contributed by atoms with van der Waals surface area (Å²) in [5.74, 6) is 1.59. The van der Waals surface area contributed by atoms with Crippen molar-refractivity contribution in [3.05, 3.63) is 59.2 Å². The zero-order valence-corrected chi connectivity index (χ0v) is 10.9. The standard InChI is InChI=1S/C16H17NO2/c1-11-4-2-3-5-12(11)8-14(17)13-6-7-15-16(9-13)19-10-18-15/h2-7,9,14H,8,10,17H2,1H3. The predicted octanol–water partition coefficient (Wildman–Crippen LogP) is 2.97. The molecule has 0 saturated heterocycles. The van der Waals surface area contributed by atoms with Crippen LogP contribution in [0.3, 0.4) is 0 Å². The third-order valence-corrected chi connectivity index (χ3v) is 3.53. The van der Waals surface area contributed by atoms with Gasteiger partial charge in [0, 0.05) is 6.04 Å². The Morgan fingerprint density at radius 2 is 1.89 bits per heavy atom. The van der Waals surface area contributed by atoms with Crippen LogP contribution in [0.5, 0.6) is 11.5 Å². The molecule has 19 heavy (non-hydrogen) atoms. The third kappa shape index (κ3) is 2.42. The Morgan fingerprint density at radius 3 is 2.74 bits per heavy atom. The minimum atomic E-state index is -0.0319. The van der Waals surface area contributed by atoms with E-state index in [2.05, 4.69) is 25.1 Å². The van der Waals surface area contributed by atoms with Crippen LogP contribution >= 0.6 is 0 Å². The number of rotatable bonds is 3. The van der Waals surface area contributed by atoms with Crippen LogP contribution in [0.1, 0.15) is 22.7 Å². The molecule has 1 unspecified atom stereocenters. The van der Waals surface area contributed by atoms with Crippen molar-refractivity contribution < 1.29 is 9.47 Å². The van der Waals surface area contributed by atoms with Gasteiger partial charge in [-0.25, -0.2) is 0 Å². The van der Waals surface area contributed by atoms with E-state index in [4.69, 9.17) is 15.2 Å². The Labute approximate surface area is 113 Å². The highest BCUT2D eigenvalue weighted by molar-refractivity contribution is 5.45. The van der Waals surface area contributed by atoms with Gasteiger partial charge < -0.3 is 15.2 Å². The van der Waals surface area contributed by atoms with Crippen LogP contribution in [0.25, 0.3) is 0 Å². The van der Waals surface area contributed by atoms with Crippen LogP contribution in [0.4, 0.5) is 0 Å². The molecule has 1 heterocycles. The molecule has 0 saturated carbocycles. The molecule has 3 heteroatoms. The number of hydrogen-bond donors (Lipinski definition) is 1. The zero-order chi connectivity index (χ0) is 13.2. The van der Waals surface area contributed by atoms with Gasteiger partial charge in [-0.2, -0.15) is 0 Å². The number of hydrogen-bond acceptors (Lipinski definition) is 3. The van der Waals surface area contributed by atoms with Crippen molar-refractivity contribution in [3.63, 3.8) is 0 Å². The van der Waals surface area contributed by atoms with Gasteiger partial charge in [0.15, 0.2) is 11.5 Å². The summed E-state index contributed by atoms with van der Waals surface area (Å²) in [5.41, 5.74) is 9.93. The molecule has 0 aliphatic carbocycles. The van der Waals surface area contributed by atoms with E-state index in [9.17, 15) is 0 Å². The first-order valence-corrected chi connectivity index (χ1v) is 6.43. The highest BCUT2D eigenvalue weighted by Gasteiger charge is 2.16. The summed E-state index contributed by atoms with van der Waals surface area (Å²) in [6, 6.07) is 14.2. The molecule has 3 rings (SSSR count). The third-order valence-electron chi connectivity index (χ3n) is 3.53. The molecule has 0 amide bonds. The predicted molar refractivity (Wildman–Crippen MR) is 74.4 cm³/mol. The lowest BCUT2D eigenvalue weighted by Crippen LogP contribution is -2.13. The van der Waals surface area contributed by atoms with Gasteiger partial charge >= 0.3 is 0 Å². The van der Waals surface area contributed by atoms with Crippen molar-refractivity contribution in [2.75, 3.05) is 6.79 Å². The Kier molecular flexibility index (Phi) is 3.13. The molecular weight excluding hydrogens is 238 g/mol. The maximum absolute atomic E-state index is 6.29. The minimum absolute atomic E-state index is 0.0319. The van der Waals surface area contributed by atoms with Crippen LogP contribution in [0.15, 0.2) is 42.5 Å². The molecule has 0 aromatic heterocycles. The SMILES string of the molecule is Cc1ccccc1CC(N)c1ccc2c(c1)OCO2. The largest absolute Gasteiger partial charge is 0.454 e. The number of fused-ring (bicyclic) bond motifs is 1. The first-order chi connectivity index (χ1) is 9.24. The lowest BCUT2D eigenvalue weighted by atomic mass is 9.96. The van der Waals surface area contributed by atoms with E-state index < -0.39 is 0 Å². The van der Waals surface area contributed by atoms with Crippen molar-refractivity contribution in [1.29, 1.82) is 0 Å². The van der Waals surface area contributed by atoms with E-state index in [0.29, 0.717) is 6.79 Å². The molecule has 1 atom stereocenters. The molecule has 0 radical (unpaired) electrons. The molecule has 1 aliphatic heterocycles. The van der Waals surface area contributed by atoms with Gasteiger partial charge in [0.1, 0.15) is 0 Å². The summed E-state index contributed by atoms with van der Waals surface area (Å²) in [6.07, 6.45) is 0.826. The van der Waals surface area contributed by atoms with Crippen molar-refractivity contribution >= 4 is 0 Å². The lowest BCUT2D eigenvalue weighted by molar-refractivity contribution is 0.174. The quantitative estimate of drug-likeness (QED) is 0.917. The Hall–Kier alpha value is -2.00. The summed E-state index contributed by atoms with van der Waals surface area (Å²) in [7, 11) is 0. The van der Waals surface area contributed by atoms with Gasteiger partial charge in [-0.3, -0.25) is 0 Å². The average molecular weight is 255 g/mol. The maximum Gasteiger partial charge on any atom is 0.231 e. The summed E-state index contributed by atoms with van der Waals surface area (Å²) in [6.45, 7) is 2.41. The molecule has 3 nitrogen and oxygen atoms in total. The van der Waals surface area contributed by atoms with E-state index in [-0.39, 0.29) is 6.04 Å². The van der Waals surface area contributed by atoms with Crippen LogP contribution in [0.2, 0.25) is 0 Å². The second-order valence-corrected chi connectivity index (χ2v) is 4.85. The number of aryl methyl sites for hydroxylation is 1. The van der Waals surface area contributed by atoms with E-state index in [0.717, 1.165) is 23.5 Å². The summed E-state index contributed by atoms with van der Waals surface area (Å²) in [4.78, 5) is 0. The van der Waals surface area contributed by atoms with E-state index in [1.165, 1.54) is 11.1 Å². The van der Waals surface area contributed by atoms with Crippen LogP contribution in [-0.4, -0.2) is 6.79 Å². The first kappa shape index (κ1) is 12.1. The molecule has 2 aromatic carbocycles. The van der Waals surface area contributed by atoms with Gasteiger partial charge in [0.05, 0.1) is 0 Å². The van der Waals surface area contributed by atoms with Gasteiger partial charge in [0.25, 0.3) is 0 Å². The van der Waals surface area contributed by atoms with Crippen LogP contribution in [-0.2, 0) is 6.42 Å². The van der Waals surface area contributed by atoms with Crippen LogP contribution < -0.4 is 15.2 Å². The lowest BCUT2D eigenvalue weighted by Gasteiger charge is -2.14. The highest BCUT2D eigenvalue weighted by Crippen LogP contribution is 2.34. The topological polar surface area (TPSA) is 44.5 Å². The Balaban J connectivity index is 1.81. The number of ether oxygens (including phenoxy) is 2. The highest BCUT2D eigenvalue weighted by atomic mass is 16.7. The molecule has 1 aliphatic rings. The molecule has 2 aromatic rings. The van der Waals surface area contributed by atoms with E-state index in [1.807, 2.05) is 24.3 Å². The van der Waals surface area contributed by atoms with Gasteiger partial charge in [-0.15, -0.1) is 0 Å². The van der Waals surface area contributed by atoms with Crippen molar-refractivity contribution in [2.45, 2.75) is 19.4 Å².